The third-order valence-electron chi connectivity index (χ3n) is 2.57. The molecule has 0 heterocycles. The van der Waals surface area contributed by atoms with Crippen molar-refractivity contribution in [1.82, 2.24) is 10.2 Å². The number of halogens is 1. The summed E-state index contributed by atoms with van der Waals surface area (Å²) in [5.74, 6) is -0.303. The number of nitrogens with one attached hydrogen (secondary N) is 1. The monoisotopic (exact) mass is 312 g/mol. The summed E-state index contributed by atoms with van der Waals surface area (Å²) in [7, 11) is 1.56. The van der Waals surface area contributed by atoms with Gasteiger partial charge in [0.2, 0.25) is 5.91 Å². The summed E-state index contributed by atoms with van der Waals surface area (Å²) >= 11 is 3.37. The van der Waals surface area contributed by atoms with Crippen LogP contribution in [0, 0.1) is 6.92 Å². The molecule has 98 valence electrons. The Balaban J connectivity index is 2.92. The number of aryl methyl sites for hydroxylation is 1. The molecule has 1 aromatic rings. The molecule has 0 atom stereocenters. The first kappa shape index (κ1) is 14.7. The second kappa shape index (κ2) is 6.54. The van der Waals surface area contributed by atoms with Crippen LogP contribution in [0.2, 0.25) is 0 Å². The fourth-order valence-corrected chi connectivity index (χ4v) is 2.23. The molecule has 0 aliphatic rings. The number of hydrogen-bond acceptors (Lipinski definition) is 2. The highest BCUT2D eigenvalue weighted by Gasteiger charge is 2.17. The first-order valence-electron chi connectivity index (χ1n) is 5.75. The maximum atomic E-state index is 12.3. The van der Waals surface area contributed by atoms with E-state index in [2.05, 4.69) is 21.2 Å². The second-order valence-corrected chi connectivity index (χ2v) is 4.93. The summed E-state index contributed by atoms with van der Waals surface area (Å²) in [5, 5.41) is 2.52. The molecule has 5 heteroatoms. The fourth-order valence-electron chi connectivity index (χ4n) is 1.62. The summed E-state index contributed by atoms with van der Waals surface area (Å²) < 4.78 is 0.863. The maximum absolute atomic E-state index is 12.3. The van der Waals surface area contributed by atoms with Gasteiger partial charge in [0.05, 0.1) is 6.54 Å². The van der Waals surface area contributed by atoms with Crippen LogP contribution in [0.3, 0.4) is 0 Å². The lowest BCUT2D eigenvalue weighted by Gasteiger charge is -2.20. The van der Waals surface area contributed by atoms with Gasteiger partial charge in [0.25, 0.3) is 5.91 Å². The average Bonchev–Trinajstić information content (AvgIpc) is 2.33. The SMILES string of the molecule is CCN(CC(=O)NC)C(=O)c1cc(C)cc(Br)c1. The van der Waals surface area contributed by atoms with Crippen molar-refractivity contribution in [3.63, 3.8) is 0 Å². The molecule has 0 spiro atoms. The quantitative estimate of drug-likeness (QED) is 0.924. The van der Waals surface area contributed by atoms with Crippen LogP contribution in [-0.4, -0.2) is 36.9 Å². The van der Waals surface area contributed by atoms with E-state index in [1.807, 2.05) is 26.0 Å². The van der Waals surface area contributed by atoms with Crippen molar-refractivity contribution in [3.8, 4) is 0 Å². The Bertz CT molecular complexity index is 440. The summed E-state index contributed by atoms with van der Waals surface area (Å²) in [6.07, 6.45) is 0. The van der Waals surface area contributed by atoms with E-state index in [-0.39, 0.29) is 18.4 Å². The van der Waals surface area contributed by atoms with Crippen molar-refractivity contribution in [1.29, 1.82) is 0 Å². The number of hydrogen-bond donors (Lipinski definition) is 1. The number of amides is 2. The van der Waals surface area contributed by atoms with Crippen molar-refractivity contribution in [3.05, 3.63) is 33.8 Å². The number of rotatable bonds is 4. The molecule has 1 rings (SSSR count). The summed E-state index contributed by atoms with van der Waals surface area (Å²) in [6.45, 7) is 4.36. The Morgan fingerprint density at radius 3 is 2.50 bits per heavy atom. The van der Waals surface area contributed by atoms with Crippen LogP contribution in [0.15, 0.2) is 22.7 Å². The molecule has 1 N–H and O–H groups in total. The lowest BCUT2D eigenvalue weighted by atomic mass is 10.1. The van der Waals surface area contributed by atoms with Gasteiger partial charge in [-0.2, -0.15) is 0 Å². The van der Waals surface area contributed by atoms with Crippen LogP contribution < -0.4 is 5.32 Å². The molecule has 18 heavy (non-hydrogen) atoms. The van der Waals surface area contributed by atoms with Crippen molar-refractivity contribution >= 4 is 27.7 Å². The molecule has 4 nitrogen and oxygen atoms in total. The molecular formula is C13H17BrN2O2. The van der Waals surface area contributed by atoms with Gasteiger partial charge in [-0.25, -0.2) is 0 Å². The normalized spacial score (nSPS) is 10.0. The van der Waals surface area contributed by atoms with E-state index >= 15 is 0 Å². The minimum absolute atomic E-state index is 0.0807. The molecule has 1 aromatic carbocycles. The fraction of sp³-hybridized carbons (Fsp3) is 0.385. The molecular weight excluding hydrogens is 296 g/mol. The van der Waals surface area contributed by atoms with Crippen LogP contribution in [-0.2, 0) is 4.79 Å². The summed E-state index contributed by atoms with van der Waals surface area (Å²) in [5.41, 5.74) is 1.59. The van der Waals surface area contributed by atoms with Crippen LogP contribution in [0.1, 0.15) is 22.8 Å². The van der Waals surface area contributed by atoms with Gasteiger partial charge in [0, 0.05) is 23.6 Å². The first-order chi connectivity index (χ1) is 8.47. The van der Waals surface area contributed by atoms with Gasteiger partial charge >= 0.3 is 0 Å². The average molecular weight is 313 g/mol. The van der Waals surface area contributed by atoms with Gasteiger partial charge in [0.1, 0.15) is 0 Å². The molecule has 0 aliphatic carbocycles. The zero-order valence-electron chi connectivity index (χ0n) is 10.8. The van der Waals surface area contributed by atoms with Gasteiger partial charge < -0.3 is 10.2 Å². The molecule has 0 saturated carbocycles. The maximum Gasteiger partial charge on any atom is 0.254 e. The van der Waals surface area contributed by atoms with E-state index in [0.717, 1.165) is 10.0 Å². The Hall–Kier alpha value is -1.36. The van der Waals surface area contributed by atoms with E-state index in [0.29, 0.717) is 12.1 Å². The zero-order valence-corrected chi connectivity index (χ0v) is 12.4. The van der Waals surface area contributed by atoms with Crippen LogP contribution in [0.5, 0.6) is 0 Å². The van der Waals surface area contributed by atoms with Gasteiger partial charge in [-0.05, 0) is 37.6 Å². The topological polar surface area (TPSA) is 49.4 Å². The molecule has 0 aromatic heterocycles. The van der Waals surface area contributed by atoms with Crippen LogP contribution in [0.25, 0.3) is 0 Å². The lowest BCUT2D eigenvalue weighted by molar-refractivity contribution is -0.121. The highest BCUT2D eigenvalue weighted by molar-refractivity contribution is 9.10. The summed E-state index contributed by atoms with van der Waals surface area (Å²) in [4.78, 5) is 25.1. The standard InChI is InChI=1S/C13H17BrN2O2/c1-4-16(8-12(17)15-3)13(18)10-5-9(2)6-11(14)7-10/h5-7H,4,8H2,1-3H3,(H,15,17). The van der Waals surface area contributed by atoms with Crippen molar-refractivity contribution in [2.24, 2.45) is 0 Å². The predicted octanol–water partition coefficient (Wildman–Crippen LogP) is 1.97. The Kier molecular flexibility index (Phi) is 5.34. The second-order valence-electron chi connectivity index (χ2n) is 4.01. The van der Waals surface area contributed by atoms with E-state index < -0.39 is 0 Å². The Morgan fingerprint density at radius 2 is 2.00 bits per heavy atom. The Labute approximate surface area is 115 Å². The zero-order chi connectivity index (χ0) is 13.7. The van der Waals surface area contributed by atoms with E-state index in [4.69, 9.17) is 0 Å². The number of carbonyl (C=O) groups excluding carboxylic acids is 2. The highest BCUT2D eigenvalue weighted by Crippen LogP contribution is 2.16. The first-order valence-corrected chi connectivity index (χ1v) is 6.54. The van der Waals surface area contributed by atoms with Gasteiger partial charge in [-0.1, -0.05) is 15.9 Å². The van der Waals surface area contributed by atoms with Crippen molar-refractivity contribution in [2.75, 3.05) is 20.1 Å². The van der Waals surface area contributed by atoms with Gasteiger partial charge in [-0.15, -0.1) is 0 Å². The molecule has 0 fully saturated rings. The van der Waals surface area contributed by atoms with E-state index in [1.54, 1.807) is 13.1 Å². The van der Waals surface area contributed by atoms with E-state index in [9.17, 15) is 9.59 Å². The number of likely N-dealkylation sites (N-methyl/N-ethyl adjacent to an activating group) is 2. The minimum Gasteiger partial charge on any atom is -0.358 e. The number of carbonyl (C=O) groups is 2. The summed E-state index contributed by atoms with van der Waals surface area (Å²) in [6, 6.07) is 5.52. The predicted molar refractivity (Wildman–Crippen MR) is 74.5 cm³/mol. The highest BCUT2D eigenvalue weighted by atomic mass is 79.9. The number of nitrogens with zero attached hydrogens (tertiary/aromatic N) is 1. The molecule has 0 aliphatic heterocycles. The molecule has 0 radical (unpaired) electrons. The molecule has 2 amide bonds. The van der Waals surface area contributed by atoms with Gasteiger partial charge in [0.15, 0.2) is 0 Å². The van der Waals surface area contributed by atoms with Gasteiger partial charge in [-0.3, -0.25) is 9.59 Å². The van der Waals surface area contributed by atoms with E-state index in [1.165, 1.54) is 4.90 Å². The Morgan fingerprint density at radius 1 is 1.33 bits per heavy atom. The molecule has 0 saturated heterocycles. The minimum atomic E-state index is -0.170. The third kappa shape index (κ3) is 3.84. The van der Waals surface area contributed by atoms with Crippen molar-refractivity contribution < 1.29 is 9.59 Å². The molecule has 0 bridgehead atoms. The largest absolute Gasteiger partial charge is 0.358 e. The van der Waals surface area contributed by atoms with Crippen molar-refractivity contribution in [2.45, 2.75) is 13.8 Å². The number of benzene rings is 1. The lowest BCUT2D eigenvalue weighted by Crippen LogP contribution is -2.39. The molecule has 0 unspecified atom stereocenters. The smallest absolute Gasteiger partial charge is 0.254 e. The third-order valence-corrected chi connectivity index (χ3v) is 3.03. The van der Waals surface area contributed by atoms with Crippen LogP contribution in [0.4, 0.5) is 0 Å². The van der Waals surface area contributed by atoms with Crippen LogP contribution >= 0.6 is 15.9 Å².